The van der Waals surface area contributed by atoms with Crippen molar-refractivity contribution in [2.24, 2.45) is 0 Å². The van der Waals surface area contributed by atoms with Crippen LogP contribution in [0, 0.1) is 11.3 Å². The molecule has 126 valence electrons. The number of aromatic nitrogens is 1. The minimum absolute atomic E-state index is 0.151. The molecule has 7 heteroatoms. The van der Waals surface area contributed by atoms with Crippen molar-refractivity contribution in [3.8, 4) is 11.8 Å². The number of ether oxygens (including phenoxy) is 1. The van der Waals surface area contributed by atoms with E-state index in [4.69, 9.17) is 9.15 Å². The Balaban J connectivity index is 1.69. The molecule has 1 amide bonds. The second-order valence-corrected chi connectivity index (χ2v) is 6.12. The number of nitriles is 1. The summed E-state index contributed by atoms with van der Waals surface area (Å²) < 4.78 is 10.3. The van der Waals surface area contributed by atoms with Gasteiger partial charge in [-0.3, -0.25) is 4.79 Å². The number of hydrogen-bond donors (Lipinski definition) is 1. The Bertz CT molecular complexity index is 933. The van der Waals surface area contributed by atoms with Gasteiger partial charge in [-0.25, -0.2) is 4.98 Å². The van der Waals surface area contributed by atoms with Crippen molar-refractivity contribution in [2.75, 3.05) is 12.9 Å². The maximum Gasteiger partial charge on any atom is 0.230 e. The van der Waals surface area contributed by atoms with E-state index in [9.17, 15) is 10.1 Å². The van der Waals surface area contributed by atoms with Crippen LogP contribution in [0.1, 0.15) is 11.3 Å². The summed E-state index contributed by atoms with van der Waals surface area (Å²) in [5.41, 5.74) is 1.18. The molecule has 25 heavy (non-hydrogen) atoms. The quantitative estimate of drug-likeness (QED) is 0.685. The summed E-state index contributed by atoms with van der Waals surface area (Å²) in [6.45, 7) is 0.336. The van der Waals surface area contributed by atoms with Crippen LogP contribution in [-0.2, 0) is 11.3 Å². The molecule has 0 aliphatic heterocycles. The SMILES string of the molecule is COc1ccc2nc(SCC(=O)NCc3ccco3)c(C#N)cc2c1. The Labute approximate surface area is 148 Å². The first-order valence-electron chi connectivity index (χ1n) is 7.50. The number of hydrogen-bond acceptors (Lipinski definition) is 6. The van der Waals surface area contributed by atoms with Gasteiger partial charge in [0, 0.05) is 5.39 Å². The highest BCUT2D eigenvalue weighted by Gasteiger charge is 2.11. The zero-order valence-corrected chi connectivity index (χ0v) is 14.3. The van der Waals surface area contributed by atoms with E-state index in [-0.39, 0.29) is 11.7 Å². The van der Waals surface area contributed by atoms with Gasteiger partial charge in [0.1, 0.15) is 22.6 Å². The number of carbonyl (C=O) groups is 1. The number of rotatable bonds is 6. The number of pyridine rings is 1. The summed E-state index contributed by atoms with van der Waals surface area (Å²) >= 11 is 1.23. The molecule has 3 rings (SSSR count). The summed E-state index contributed by atoms with van der Waals surface area (Å²) in [7, 11) is 1.59. The van der Waals surface area contributed by atoms with Crippen molar-refractivity contribution >= 4 is 28.6 Å². The average molecular weight is 353 g/mol. The summed E-state index contributed by atoms with van der Waals surface area (Å²) in [6.07, 6.45) is 1.56. The highest BCUT2D eigenvalue weighted by atomic mass is 32.2. The standard InChI is InChI=1S/C18H15N3O3S/c1-23-14-4-5-16-12(8-14)7-13(9-19)18(21-16)25-11-17(22)20-10-15-3-2-6-24-15/h2-8H,10-11H2,1H3,(H,20,22). The molecule has 0 atom stereocenters. The van der Waals surface area contributed by atoms with Crippen LogP contribution in [0.3, 0.4) is 0 Å². The number of benzene rings is 1. The van der Waals surface area contributed by atoms with Crippen LogP contribution in [0.5, 0.6) is 5.75 Å². The number of amides is 1. The lowest BCUT2D eigenvalue weighted by molar-refractivity contribution is -0.118. The van der Waals surface area contributed by atoms with Crippen LogP contribution in [-0.4, -0.2) is 23.8 Å². The van der Waals surface area contributed by atoms with Crippen LogP contribution in [0.15, 0.2) is 52.1 Å². The second kappa shape index (κ2) is 7.73. The molecular formula is C18H15N3O3S. The number of thioether (sulfide) groups is 1. The Kier molecular flexibility index (Phi) is 5.21. The molecule has 0 aliphatic carbocycles. The van der Waals surface area contributed by atoms with E-state index in [2.05, 4.69) is 16.4 Å². The van der Waals surface area contributed by atoms with Gasteiger partial charge in [-0.2, -0.15) is 5.26 Å². The van der Waals surface area contributed by atoms with Gasteiger partial charge in [0.2, 0.25) is 5.91 Å². The molecule has 2 heterocycles. The minimum atomic E-state index is -0.151. The number of fused-ring (bicyclic) bond motifs is 1. The predicted octanol–water partition coefficient (Wildman–Crippen LogP) is 3.12. The van der Waals surface area contributed by atoms with Gasteiger partial charge >= 0.3 is 0 Å². The summed E-state index contributed by atoms with van der Waals surface area (Å²) in [5.74, 6) is 1.41. The summed E-state index contributed by atoms with van der Waals surface area (Å²) in [4.78, 5) is 16.4. The van der Waals surface area contributed by atoms with Crippen LogP contribution in [0.2, 0.25) is 0 Å². The Morgan fingerprint density at radius 1 is 1.40 bits per heavy atom. The third kappa shape index (κ3) is 4.11. The zero-order valence-electron chi connectivity index (χ0n) is 13.5. The molecular weight excluding hydrogens is 338 g/mol. The highest BCUT2D eigenvalue weighted by Crippen LogP contribution is 2.26. The van der Waals surface area contributed by atoms with Crippen LogP contribution in [0.4, 0.5) is 0 Å². The van der Waals surface area contributed by atoms with Crippen molar-refractivity contribution in [3.63, 3.8) is 0 Å². The first-order chi connectivity index (χ1) is 12.2. The van der Waals surface area contributed by atoms with Gasteiger partial charge in [0.05, 0.1) is 36.8 Å². The molecule has 0 aliphatic rings. The fraction of sp³-hybridized carbons (Fsp3) is 0.167. The maximum atomic E-state index is 12.0. The smallest absolute Gasteiger partial charge is 0.230 e. The first-order valence-corrected chi connectivity index (χ1v) is 8.49. The average Bonchev–Trinajstić information content (AvgIpc) is 3.17. The van der Waals surface area contributed by atoms with Gasteiger partial charge < -0.3 is 14.5 Å². The van der Waals surface area contributed by atoms with E-state index < -0.39 is 0 Å². The molecule has 0 saturated heterocycles. The predicted molar refractivity (Wildman–Crippen MR) is 94.3 cm³/mol. The molecule has 0 saturated carbocycles. The number of carbonyl (C=O) groups excluding carboxylic acids is 1. The monoisotopic (exact) mass is 353 g/mol. The third-order valence-corrected chi connectivity index (χ3v) is 4.48. The summed E-state index contributed by atoms with van der Waals surface area (Å²) in [5, 5.41) is 13.5. The van der Waals surface area contributed by atoms with E-state index in [1.807, 2.05) is 18.2 Å². The van der Waals surface area contributed by atoms with E-state index in [0.29, 0.717) is 28.6 Å². The van der Waals surface area contributed by atoms with E-state index in [0.717, 1.165) is 10.9 Å². The fourth-order valence-electron chi connectivity index (χ4n) is 2.24. The molecule has 0 bridgehead atoms. The molecule has 1 N–H and O–H groups in total. The topological polar surface area (TPSA) is 88.2 Å². The van der Waals surface area contributed by atoms with E-state index in [1.165, 1.54) is 11.8 Å². The van der Waals surface area contributed by atoms with Crippen LogP contribution < -0.4 is 10.1 Å². The summed E-state index contributed by atoms with van der Waals surface area (Å²) in [6, 6.07) is 12.9. The largest absolute Gasteiger partial charge is 0.497 e. The second-order valence-electron chi connectivity index (χ2n) is 5.16. The number of furan rings is 1. The first kappa shape index (κ1) is 16.9. The molecule has 0 unspecified atom stereocenters. The normalized spacial score (nSPS) is 10.4. The van der Waals surface area contributed by atoms with Crippen molar-refractivity contribution < 1.29 is 13.9 Å². The lowest BCUT2D eigenvalue weighted by Gasteiger charge is -2.07. The van der Waals surface area contributed by atoms with Crippen molar-refractivity contribution in [1.29, 1.82) is 5.26 Å². The van der Waals surface area contributed by atoms with Crippen molar-refractivity contribution in [1.82, 2.24) is 10.3 Å². The Hall–Kier alpha value is -2.98. The van der Waals surface area contributed by atoms with Crippen molar-refractivity contribution in [2.45, 2.75) is 11.6 Å². The van der Waals surface area contributed by atoms with Gasteiger partial charge in [-0.05, 0) is 36.4 Å². The Morgan fingerprint density at radius 2 is 2.28 bits per heavy atom. The number of nitrogens with zero attached hydrogens (tertiary/aromatic N) is 2. The van der Waals surface area contributed by atoms with Gasteiger partial charge in [-0.15, -0.1) is 0 Å². The van der Waals surface area contributed by atoms with E-state index >= 15 is 0 Å². The Morgan fingerprint density at radius 3 is 3.00 bits per heavy atom. The molecule has 6 nitrogen and oxygen atoms in total. The molecule has 0 radical (unpaired) electrons. The van der Waals surface area contributed by atoms with E-state index in [1.54, 1.807) is 31.6 Å². The minimum Gasteiger partial charge on any atom is -0.497 e. The lowest BCUT2D eigenvalue weighted by Crippen LogP contribution is -2.24. The number of nitrogens with one attached hydrogen (secondary N) is 1. The van der Waals surface area contributed by atoms with Gasteiger partial charge in [-0.1, -0.05) is 11.8 Å². The van der Waals surface area contributed by atoms with Gasteiger partial charge in [0.15, 0.2) is 0 Å². The lowest BCUT2D eigenvalue weighted by atomic mass is 10.1. The third-order valence-electron chi connectivity index (χ3n) is 3.49. The molecule has 2 aromatic heterocycles. The molecule has 0 spiro atoms. The highest BCUT2D eigenvalue weighted by molar-refractivity contribution is 8.00. The molecule has 3 aromatic rings. The molecule has 0 fully saturated rings. The zero-order chi connectivity index (χ0) is 17.6. The maximum absolute atomic E-state index is 12.0. The van der Waals surface area contributed by atoms with Gasteiger partial charge in [0.25, 0.3) is 0 Å². The van der Waals surface area contributed by atoms with Crippen LogP contribution in [0.25, 0.3) is 10.9 Å². The molecule has 1 aromatic carbocycles. The van der Waals surface area contributed by atoms with Crippen LogP contribution >= 0.6 is 11.8 Å². The van der Waals surface area contributed by atoms with Crippen molar-refractivity contribution in [3.05, 3.63) is 54.0 Å². The number of methoxy groups -OCH3 is 1. The fourth-order valence-corrected chi connectivity index (χ4v) is 3.03.